The van der Waals surface area contributed by atoms with E-state index < -0.39 is 0 Å². The first-order chi connectivity index (χ1) is 6.66. The van der Waals surface area contributed by atoms with Crippen LogP contribution >= 0.6 is 0 Å². The standard InChI is InChI=1S/C10H20N2O2/c11-10(4-2-1-3-5-10)8-9(14)12-6-7-13/h13H,1-8,11H2,(H,12,14). The zero-order chi connectivity index (χ0) is 10.4. The van der Waals surface area contributed by atoms with Crippen LogP contribution in [0.1, 0.15) is 38.5 Å². The van der Waals surface area contributed by atoms with Gasteiger partial charge in [-0.25, -0.2) is 0 Å². The normalized spacial score (nSPS) is 20.4. The third kappa shape index (κ3) is 3.64. The number of hydrogen-bond acceptors (Lipinski definition) is 3. The molecule has 4 heteroatoms. The van der Waals surface area contributed by atoms with Crippen LogP contribution in [-0.4, -0.2) is 29.7 Å². The van der Waals surface area contributed by atoms with Gasteiger partial charge in [0.2, 0.25) is 5.91 Å². The van der Waals surface area contributed by atoms with Gasteiger partial charge in [-0.2, -0.15) is 0 Å². The van der Waals surface area contributed by atoms with E-state index in [1.165, 1.54) is 6.42 Å². The van der Waals surface area contributed by atoms with Gasteiger partial charge in [0.15, 0.2) is 0 Å². The monoisotopic (exact) mass is 200 g/mol. The molecule has 1 amide bonds. The molecular weight excluding hydrogens is 180 g/mol. The van der Waals surface area contributed by atoms with Gasteiger partial charge < -0.3 is 16.2 Å². The van der Waals surface area contributed by atoms with Crippen LogP contribution in [0.15, 0.2) is 0 Å². The van der Waals surface area contributed by atoms with Crippen LogP contribution in [0.5, 0.6) is 0 Å². The smallest absolute Gasteiger partial charge is 0.221 e. The predicted molar refractivity (Wildman–Crippen MR) is 54.7 cm³/mol. The second-order valence-electron chi connectivity index (χ2n) is 4.17. The largest absolute Gasteiger partial charge is 0.395 e. The Morgan fingerprint density at radius 3 is 2.57 bits per heavy atom. The molecule has 1 saturated carbocycles. The maximum Gasteiger partial charge on any atom is 0.221 e. The van der Waals surface area contributed by atoms with E-state index >= 15 is 0 Å². The summed E-state index contributed by atoms with van der Waals surface area (Å²) in [6.07, 6.45) is 5.77. The van der Waals surface area contributed by atoms with Crippen LogP contribution in [0.4, 0.5) is 0 Å². The van der Waals surface area contributed by atoms with Crippen molar-refractivity contribution < 1.29 is 9.90 Å². The molecule has 0 spiro atoms. The number of rotatable bonds is 4. The Morgan fingerprint density at radius 2 is 2.00 bits per heavy atom. The van der Waals surface area contributed by atoms with Crippen molar-refractivity contribution in [2.24, 2.45) is 5.73 Å². The van der Waals surface area contributed by atoms with E-state index in [-0.39, 0.29) is 18.1 Å². The number of aliphatic hydroxyl groups is 1. The molecule has 1 aliphatic carbocycles. The average molecular weight is 200 g/mol. The fraction of sp³-hybridized carbons (Fsp3) is 0.900. The van der Waals surface area contributed by atoms with E-state index in [0.29, 0.717) is 13.0 Å². The minimum Gasteiger partial charge on any atom is -0.395 e. The lowest BCUT2D eigenvalue weighted by Gasteiger charge is -2.32. The predicted octanol–water partition coefficient (Wildman–Crippen LogP) is 0.147. The molecule has 0 atom stereocenters. The molecule has 0 aromatic rings. The van der Waals surface area contributed by atoms with E-state index in [9.17, 15) is 4.79 Å². The minimum atomic E-state index is -0.294. The van der Waals surface area contributed by atoms with Crippen LogP contribution in [0, 0.1) is 0 Å². The molecule has 0 saturated heterocycles. The Labute approximate surface area is 84.9 Å². The molecule has 14 heavy (non-hydrogen) atoms. The van der Waals surface area contributed by atoms with Crippen LogP contribution in [0.25, 0.3) is 0 Å². The number of carbonyl (C=O) groups is 1. The first-order valence-electron chi connectivity index (χ1n) is 5.33. The molecule has 0 radical (unpaired) electrons. The summed E-state index contributed by atoms with van der Waals surface area (Å²) >= 11 is 0. The molecule has 1 fully saturated rings. The van der Waals surface area contributed by atoms with Crippen LogP contribution in [0.3, 0.4) is 0 Å². The van der Waals surface area contributed by atoms with Gasteiger partial charge in [-0.3, -0.25) is 4.79 Å². The minimum absolute atomic E-state index is 0.0106. The molecule has 4 nitrogen and oxygen atoms in total. The van der Waals surface area contributed by atoms with Gasteiger partial charge in [0.1, 0.15) is 0 Å². The van der Waals surface area contributed by atoms with E-state index in [4.69, 9.17) is 10.8 Å². The maximum absolute atomic E-state index is 11.4. The Morgan fingerprint density at radius 1 is 1.36 bits per heavy atom. The number of carbonyl (C=O) groups excluding carboxylic acids is 1. The number of aliphatic hydroxyl groups excluding tert-OH is 1. The topological polar surface area (TPSA) is 75.4 Å². The molecule has 0 bridgehead atoms. The van der Waals surface area contributed by atoms with Gasteiger partial charge >= 0.3 is 0 Å². The molecule has 4 N–H and O–H groups in total. The summed E-state index contributed by atoms with van der Waals surface area (Å²) in [7, 11) is 0. The molecule has 0 aliphatic heterocycles. The summed E-state index contributed by atoms with van der Waals surface area (Å²) in [6, 6.07) is 0. The summed E-state index contributed by atoms with van der Waals surface area (Å²) < 4.78 is 0. The number of amides is 1. The summed E-state index contributed by atoms with van der Waals surface area (Å²) in [5.41, 5.74) is 5.81. The highest BCUT2D eigenvalue weighted by atomic mass is 16.3. The highest BCUT2D eigenvalue weighted by molar-refractivity contribution is 5.77. The second-order valence-corrected chi connectivity index (χ2v) is 4.17. The molecule has 1 rings (SSSR count). The van der Waals surface area contributed by atoms with Crippen LogP contribution < -0.4 is 11.1 Å². The quantitative estimate of drug-likeness (QED) is 0.604. The Bertz CT molecular complexity index is 189. The maximum atomic E-state index is 11.4. The van der Waals surface area contributed by atoms with Gasteiger partial charge in [-0.05, 0) is 12.8 Å². The highest BCUT2D eigenvalue weighted by Crippen LogP contribution is 2.28. The fourth-order valence-electron chi connectivity index (χ4n) is 2.01. The third-order valence-electron chi connectivity index (χ3n) is 2.80. The van der Waals surface area contributed by atoms with E-state index in [0.717, 1.165) is 25.7 Å². The summed E-state index contributed by atoms with van der Waals surface area (Å²) in [4.78, 5) is 11.4. The Balaban J connectivity index is 2.29. The summed E-state index contributed by atoms with van der Waals surface area (Å²) in [5, 5.41) is 11.2. The molecule has 0 aromatic carbocycles. The molecular formula is C10H20N2O2. The van der Waals surface area contributed by atoms with Crippen molar-refractivity contribution in [2.75, 3.05) is 13.2 Å². The first kappa shape index (κ1) is 11.5. The zero-order valence-corrected chi connectivity index (χ0v) is 8.59. The summed E-state index contributed by atoms with van der Waals surface area (Å²) in [6.45, 7) is 0.318. The van der Waals surface area contributed by atoms with Gasteiger partial charge in [0.25, 0.3) is 0 Å². The van der Waals surface area contributed by atoms with E-state index in [2.05, 4.69) is 5.32 Å². The van der Waals surface area contributed by atoms with Crippen molar-refractivity contribution in [3.63, 3.8) is 0 Å². The van der Waals surface area contributed by atoms with Crippen molar-refractivity contribution in [3.8, 4) is 0 Å². The SMILES string of the molecule is NC1(CC(=O)NCCO)CCCCC1. The van der Waals surface area contributed by atoms with Crippen molar-refractivity contribution in [3.05, 3.63) is 0 Å². The number of hydrogen-bond donors (Lipinski definition) is 3. The lowest BCUT2D eigenvalue weighted by molar-refractivity contribution is -0.122. The Kier molecular flexibility index (Phi) is 4.35. The molecule has 0 unspecified atom stereocenters. The Hall–Kier alpha value is -0.610. The zero-order valence-electron chi connectivity index (χ0n) is 8.59. The van der Waals surface area contributed by atoms with Gasteiger partial charge in [0.05, 0.1) is 6.61 Å². The second kappa shape index (κ2) is 5.32. The lowest BCUT2D eigenvalue weighted by atomic mass is 9.80. The van der Waals surface area contributed by atoms with Gasteiger partial charge in [-0.1, -0.05) is 19.3 Å². The van der Waals surface area contributed by atoms with E-state index in [1.54, 1.807) is 0 Å². The number of nitrogens with two attached hydrogens (primary N) is 1. The van der Waals surface area contributed by atoms with Gasteiger partial charge in [-0.15, -0.1) is 0 Å². The van der Waals surface area contributed by atoms with Crippen molar-refractivity contribution in [2.45, 2.75) is 44.1 Å². The highest BCUT2D eigenvalue weighted by Gasteiger charge is 2.29. The van der Waals surface area contributed by atoms with Gasteiger partial charge in [0, 0.05) is 18.5 Å². The first-order valence-corrected chi connectivity index (χ1v) is 5.33. The van der Waals surface area contributed by atoms with Crippen molar-refractivity contribution in [1.29, 1.82) is 0 Å². The molecule has 0 aromatic heterocycles. The lowest BCUT2D eigenvalue weighted by Crippen LogP contribution is -2.46. The summed E-state index contributed by atoms with van der Waals surface area (Å²) in [5.74, 6) is -0.0385. The molecule has 82 valence electrons. The van der Waals surface area contributed by atoms with Crippen molar-refractivity contribution in [1.82, 2.24) is 5.32 Å². The van der Waals surface area contributed by atoms with E-state index in [1.807, 2.05) is 0 Å². The number of nitrogens with one attached hydrogen (secondary N) is 1. The fourth-order valence-corrected chi connectivity index (χ4v) is 2.01. The third-order valence-corrected chi connectivity index (χ3v) is 2.80. The average Bonchev–Trinajstić information content (AvgIpc) is 2.15. The molecule has 1 aliphatic rings. The van der Waals surface area contributed by atoms with Crippen LogP contribution in [0.2, 0.25) is 0 Å². The van der Waals surface area contributed by atoms with Crippen LogP contribution in [-0.2, 0) is 4.79 Å². The van der Waals surface area contributed by atoms with Crippen molar-refractivity contribution >= 4 is 5.91 Å². The molecule has 0 heterocycles.